The number of benzene rings is 6. The summed E-state index contributed by atoms with van der Waals surface area (Å²) in [4.78, 5) is 2.43. The fourth-order valence-electron chi connectivity index (χ4n) is 6.97. The number of para-hydroxylation sites is 1. The van der Waals surface area contributed by atoms with Gasteiger partial charge in [-0.1, -0.05) is 137 Å². The third-order valence-electron chi connectivity index (χ3n) is 9.05. The molecule has 0 aromatic heterocycles. The summed E-state index contributed by atoms with van der Waals surface area (Å²) in [5.74, 6) is 0. The second kappa shape index (κ2) is 9.49. The molecule has 0 saturated heterocycles. The van der Waals surface area contributed by atoms with Crippen LogP contribution in [0.4, 0.5) is 11.4 Å². The van der Waals surface area contributed by atoms with E-state index in [-0.39, 0.29) is 5.41 Å². The molecular weight excluding hydrogens is 494 g/mol. The van der Waals surface area contributed by atoms with Crippen LogP contribution in [0.15, 0.2) is 128 Å². The van der Waals surface area contributed by atoms with E-state index in [0.717, 1.165) is 12.1 Å². The van der Waals surface area contributed by atoms with Gasteiger partial charge in [-0.2, -0.15) is 0 Å². The first-order valence-corrected chi connectivity index (χ1v) is 14.6. The molecule has 0 aliphatic carbocycles. The standard InChI is InChI=1S/C40H35N/c1-6-27(3)41-36-25-29(23-24-34(36)40(4,5)35-22-14-15-26(2)39(35)41)38-32-20-12-10-18-30(32)37(28-16-8-7-9-17-28)31-19-11-13-21-33(31)38/h7-25H,3,6H2,1-2,4-5H3. The first-order valence-electron chi connectivity index (χ1n) is 14.6. The molecule has 0 bridgehead atoms. The van der Waals surface area contributed by atoms with Crippen LogP contribution in [-0.2, 0) is 5.41 Å². The summed E-state index contributed by atoms with van der Waals surface area (Å²) in [6.07, 6.45) is 0.884. The van der Waals surface area contributed by atoms with Crippen LogP contribution in [0.5, 0.6) is 0 Å². The highest BCUT2D eigenvalue weighted by Gasteiger charge is 2.38. The number of aryl methyl sites for hydroxylation is 1. The second-order valence-electron chi connectivity index (χ2n) is 11.8. The van der Waals surface area contributed by atoms with Gasteiger partial charge in [0.25, 0.3) is 0 Å². The van der Waals surface area contributed by atoms with Crippen molar-refractivity contribution in [3.63, 3.8) is 0 Å². The molecule has 41 heavy (non-hydrogen) atoms. The molecule has 0 spiro atoms. The molecule has 0 amide bonds. The third kappa shape index (κ3) is 3.76. The molecule has 200 valence electrons. The summed E-state index contributed by atoms with van der Waals surface area (Å²) in [7, 11) is 0. The van der Waals surface area contributed by atoms with Crippen LogP contribution in [0.3, 0.4) is 0 Å². The summed E-state index contributed by atoms with van der Waals surface area (Å²) in [5.41, 5.74) is 12.5. The van der Waals surface area contributed by atoms with Gasteiger partial charge in [0.1, 0.15) is 0 Å². The predicted octanol–water partition coefficient (Wildman–Crippen LogP) is 11.3. The van der Waals surface area contributed by atoms with Gasteiger partial charge >= 0.3 is 0 Å². The highest BCUT2D eigenvalue weighted by atomic mass is 15.2. The van der Waals surface area contributed by atoms with Crippen LogP contribution in [0.25, 0.3) is 43.8 Å². The Bertz CT molecular complexity index is 1920. The topological polar surface area (TPSA) is 3.24 Å². The minimum atomic E-state index is -0.124. The van der Waals surface area contributed by atoms with Crippen LogP contribution in [0.1, 0.15) is 43.9 Å². The fourth-order valence-corrected chi connectivity index (χ4v) is 6.97. The first-order chi connectivity index (χ1) is 19.9. The number of allylic oxidation sites excluding steroid dienone is 1. The Labute approximate surface area is 243 Å². The molecule has 1 aliphatic heterocycles. The van der Waals surface area contributed by atoms with Gasteiger partial charge in [-0.05, 0) is 79.9 Å². The van der Waals surface area contributed by atoms with E-state index in [0.29, 0.717) is 0 Å². The number of nitrogens with zero attached hydrogens (tertiary/aromatic N) is 1. The molecule has 1 aliphatic rings. The monoisotopic (exact) mass is 529 g/mol. The molecule has 1 nitrogen and oxygen atoms in total. The third-order valence-corrected chi connectivity index (χ3v) is 9.05. The Morgan fingerprint density at radius 2 is 1.20 bits per heavy atom. The summed E-state index contributed by atoms with van der Waals surface area (Å²) in [6, 6.07) is 42.4. The minimum absolute atomic E-state index is 0.124. The molecule has 0 saturated carbocycles. The van der Waals surface area contributed by atoms with Crippen LogP contribution < -0.4 is 4.90 Å². The molecule has 6 aromatic carbocycles. The minimum Gasteiger partial charge on any atom is -0.314 e. The van der Waals surface area contributed by atoms with E-state index < -0.39 is 0 Å². The van der Waals surface area contributed by atoms with Crippen LogP contribution in [0.2, 0.25) is 0 Å². The lowest BCUT2D eigenvalue weighted by molar-refractivity contribution is 0.628. The molecule has 0 radical (unpaired) electrons. The molecule has 0 fully saturated rings. The summed E-state index contributed by atoms with van der Waals surface area (Å²) in [6.45, 7) is 13.7. The zero-order chi connectivity index (χ0) is 28.3. The second-order valence-corrected chi connectivity index (χ2v) is 11.8. The quantitative estimate of drug-likeness (QED) is 0.205. The molecule has 0 unspecified atom stereocenters. The van der Waals surface area contributed by atoms with Crippen molar-refractivity contribution in [2.24, 2.45) is 0 Å². The van der Waals surface area contributed by atoms with E-state index >= 15 is 0 Å². The number of anilines is 2. The highest BCUT2D eigenvalue weighted by molar-refractivity contribution is 6.21. The lowest BCUT2D eigenvalue weighted by Gasteiger charge is -2.43. The summed E-state index contributed by atoms with van der Waals surface area (Å²) < 4.78 is 0. The Morgan fingerprint density at radius 1 is 0.634 bits per heavy atom. The van der Waals surface area contributed by atoms with Gasteiger partial charge in [0, 0.05) is 11.1 Å². The predicted molar refractivity (Wildman–Crippen MR) is 177 cm³/mol. The van der Waals surface area contributed by atoms with Crippen molar-refractivity contribution in [3.8, 4) is 22.3 Å². The van der Waals surface area contributed by atoms with Gasteiger partial charge in [0.15, 0.2) is 0 Å². The SMILES string of the molecule is C=C(CC)N1c2cc(-c3c4ccccc4c(-c4ccccc4)c4ccccc34)ccc2C(C)(C)c2cccc(C)c21. The van der Waals surface area contributed by atoms with Gasteiger partial charge in [0.05, 0.1) is 11.4 Å². The van der Waals surface area contributed by atoms with E-state index in [2.05, 4.69) is 154 Å². The maximum absolute atomic E-state index is 4.56. The largest absolute Gasteiger partial charge is 0.314 e. The van der Waals surface area contributed by atoms with Crippen molar-refractivity contribution in [2.75, 3.05) is 4.90 Å². The van der Waals surface area contributed by atoms with E-state index in [9.17, 15) is 0 Å². The van der Waals surface area contributed by atoms with Gasteiger partial charge < -0.3 is 4.90 Å². The molecule has 6 aromatic rings. The van der Waals surface area contributed by atoms with E-state index in [1.807, 2.05) is 0 Å². The van der Waals surface area contributed by atoms with Crippen molar-refractivity contribution in [3.05, 3.63) is 144 Å². The maximum atomic E-state index is 4.56. The van der Waals surface area contributed by atoms with E-state index in [1.54, 1.807) is 0 Å². The number of hydrogen-bond donors (Lipinski definition) is 0. The van der Waals surface area contributed by atoms with E-state index in [4.69, 9.17) is 0 Å². The van der Waals surface area contributed by atoms with Crippen molar-refractivity contribution in [2.45, 2.75) is 39.5 Å². The summed E-state index contributed by atoms with van der Waals surface area (Å²) >= 11 is 0. The molecule has 1 heteroatoms. The fraction of sp³-hybridized carbons (Fsp3) is 0.150. The molecule has 0 N–H and O–H groups in total. The van der Waals surface area contributed by atoms with Crippen LogP contribution >= 0.6 is 0 Å². The molecule has 0 atom stereocenters. The van der Waals surface area contributed by atoms with Crippen molar-refractivity contribution in [1.29, 1.82) is 0 Å². The number of rotatable bonds is 4. The maximum Gasteiger partial charge on any atom is 0.0528 e. The van der Waals surface area contributed by atoms with Gasteiger partial charge in [-0.25, -0.2) is 0 Å². The van der Waals surface area contributed by atoms with Crippen LogP contribution in [0, 0.1) is 6.92 Å². The van der Waals surface area contributed by atoms with Crippen LogP contribution in [-0.4, -0.2) is 0 Å². The Morgan fingerprint density at radius 3 is 1.78 bits per heavy atom. The van der Waals surface area contributed by atoms with Gasteiger partial charge in [-0.15, -0.1) is 0 Å². The number of hydrogen-bond acceptors (Lipinski definition) is 1. The zero-order valence-corrected chi connectivity index (χ0v) is 24.3. The number of fused-ring (bicyclic) bond motifs is 4. The lowest BCUT2D eigenvalue weighted by Crippen LogP contribution is -2.33. The zero-order valence-electron chi connectivity index (χ0n) is 24.3. The molecule has 1 heterocycles. The smallest absolute Gasteiger partial charge is 0.0528 e. The van der Waals surface area contributed by atoms with E-state index in [1.165, 1.54) is 71.9 Å². The highest BCUT2D eigenvalue weighted by Crippen LogP contribution is 2.53. The summed E-state index contributed by atoms with van der Waals surface area (Å²) in [5, 5.41) is 5.11. The Hall–Kier alpha value is -4.62. The van der Waals surface area contributed by atoms with Crippen molar-refractivity contribution < 1.29 is 0 Å². The van der Waals surface area contributed by atoms with Crippen molar-refractivity contribution >= 4 is 32.9 Å². The Balaban J connectivity index is 1.57. The molecule has 7 rings (SSSR count). The molecular formula is C40H35N. The lowest BCUT2D eigenvalue weighted by atomic mass is 9.72. The van der Waals surface area contributed by atoms with Gasteiger partial charge in [-0.3, -0.25) is 0 Å². The van der Waals surface area contributed by atoms with Gasteiger partial charge in [0.2, 0.25) is 0 Å². The normalized spacial score (nSPS) is 13.7. The average molecular weight is 530 g/mol. The van der Waals surface area contributed by atoms with Crippen molar-refractivity contribution in [1.82, 2.24) is 0 Å². The Kier molecular flexibility index (Phi) is 5.87. The average Bonchev–Trinajstić information content (AvgIpc) is 3.00. The first kappa shape index (κ1) is 25.4.